The molecule has 1 atom stereocenters. The zero-order chi connectivity index (χ0) is 12.4. The van der Waals surface area contributed by atoms with Crippen molar-refractivity contribution >= 4 is 0 Å². The van der Waals surface area contributed by atoms with Crippen molar-refractivity contribution in [2.24, 2.45) is 5.41 Å². The Kier molecular flexibility index (Phi) is 3.80. The summed E-state index contributed by atoms with van der Waals surface area (Å²) in [4.78, 5) is 0. The largest absolute Gasteiger partial charge is 0.382 e. The molecule has 89 valence electrons. The first-order valence-electron chi connectivity index (χ1n) is 5.96. The maximum atomic E-state index is 9.82. The molecular weight excluding hydrogens is 196 g/mol. The first-order chi connectivity index (χ1) is 7.28. The van der Waals surface area contributed by atoms with Gasteiger partial charge in [0.15, 0.2) is 0 Å². The zero-order valence-electron chi connectivity index (χ0n) is 10.9. The van der Waals surface area contributed by atoms with Crippen molar-refractivity contribution in [1.29, 1.82) is 0 Å². The summed E-state index contributed by atoms with van der Waals surface area (Å²) in [7, 11) is 0. The average molecular weight is 219 g/mol. The Hall–Kier alpha value is -0.820. The highest BCUT2D eigenvalue weighted by atomic mass is 16.3. The Morgan fingerprint density at radius 3 is 2.56 bits per heavy atom. The molecule has 1 N–H and O–H groups in total. The maximum absolute atomic E-state index is 9.82. The SMILES string of the molecule is [CH]=CC(C)(O)/C=C/C1=C(C)CCCC1(C)C. The summed E-state index contributed by atoms with van der Waals surface area (Å²) in [5, 5.41) is 9.82. The molecule has 1 nitrogen and oxygen atoms in total. The van der Waals surface area contributed by atoms with E-state index in [0.29, 0.717) is 0 Å². The molecule has 0 saturated carbocycles. The number of hydrogen-bond acceptors (Lipinski definition) is 1. The smallest absolute Gasteiger partial charge is 0.0986 e. The predicted molar refractivity (Wildman–Crippen MR) is 69.0 cm³/mol. The summed E-state index contributed by atoms with van der Waals surface area (Å²) in [6.45, 7) is 13.8. The summed E-state index contributed by atoms with van der Waals surface area (Å²) in [6, 6.07) is 0. The molecule has 0 saturated heterocycles. The van der Waals surface area contributed by atoms with Crippen LogP contribution in [0.15, 0.2) is 29.4 Å². The minimum absolute atomic E-state index is 0.212. The van der Waals surface area contributed by atoms with Gasteiger partial charge in [0.2, 0.25) is 0 Å². The highest BCUT2D eigenvalue weighted by Gasteiger charge is 2.27. The Bertz CT molecular complexity index is 329. The Labute approximate surface area is 99.6 Å². The first-order valence-corrected chi connectivity index (χ1v) is 5.96. The van der Waals surface area contributed by atoms with Gasteiger partial charge in [0.05, 0.1) is 5.60 Å². The van der Waals surface area contributed by atoms with Gasteiger partial charge in [-0.1, -0.05) is 32.1 Å². The van der Waals surface area contributed by atoms with Crippen LogP contribution in [0.2, 0.25) is 0 Å². The minimum Gasteiger partial charge on any atom is -0.382 e. The minimum atomic E-state index is -1.01. The molecule has 0 amide bonds. The van der Waals surface area contributed by atoms with Crippen molar-refractivity contribution in [3.8, 4) is 0 Å². The highest BCUT2D eigenvalue weighted by Crippen LogP contribution is 2.40. The Balaban J connectivity index is 2.98. The van der Waals surface area contributed by atoms with E-state index in [2.05, 4.69) is 20.8 Å². The van der Waals surface area contributed by atoms with Gasteiger partial charge < -0.3 is 5.11 Å². The molecule has 0 aromatic rings. The van der Waals surface area contributed by atoms with Crippen molar-refractivity contribution in [3.63, 3.8) is 0 Å². The molecular formula is C15H23O. The van der Waals surface area contributed by atoms with E-state index in [1.807, 2.05) is 6.08 Å². The molecule has 1 heteroatoms. The van der Waals surface area contributed by atoms with Crippen molar-refractivity contribution < 1.29 is 5.11 Å². The predicted octanol–water partition coefficient (Wildman–Crippen LogP) is 3.81. The van der Waals surface area contributed by atoms with Crippen molar-refractivity contribution in [2.45, 2.75) is 52.6 Å². The third kappa shape index (κ3) is 3.08. The summed E-state index contributed by atoms with van der Waals surface area (Å²) >= 11 is 0. The molecule has 1 rings (SSSR count). The quantitative estimate of drug-likeness (QED) is 0.765. The van der Waals surface area contributed by atoms with Gasteiger partial charge in [-0.15, -0.1) is 0 Å². The lowest BCUT2D eigenvalue weighted by molar-refractivity contribution is 0.164. The highest BCUT2D eigenvalue weighted by molar-refractivity contribution is 5.34. The normalized spacial score (nSPS) is 24.6. The van der Waals surface area contributed by atoms with Crippen LogP contribution in [0.4, 0.5) is 0 Å². The van der Waals surface area contributed by atoms with E-state index in [1.165, 1.54) is 30.1 Å². The third-order valence-corrected chi connectivity index (χ3v) is 3.47. The lowest BCUT2D eigenvalue weighted by atomic mass is 9.72. The molecule has 0 aliphatic heterocycles. The summed E-state index contributed by atoms with van der Waals surface area (Å²) < 4.78 is 0. The van der Waals surface area contributed by atoms with Crippen LogP contribution in [-0.2, 0) is 0 Å². The number of rotatable bonds is 3. The fraction of sp³-hybridized carbons (Fsp3) is 0.600. The molecule has 1 aliphatic rings. The van der Waals surface area contributed by atoms with Gasteiger partial charge in [0.1, 0.15) is 0 Å². The molecule has 0 heterocycles. The third-order valence-electron chi connectivity index (χ3n) is 3.47. The van der Waals surface area contributed by atoms with Gasteiger partial charge >= 0.3 is 0 Å². The van der Waals surface area contributed by atoms with E-state index in [9.17, 15) is 5.11 Å². The monoisotopic (exact) mass is 219 g/mol. The van der Waals surface area contributed by atoms with E-state index in [-0.39, 0.29) is 5.41 Å². The second-order valence-corrected chi connectivity index (χ2v) is 5.66. The van der Waals surface area contributed by atoms with Crippen molar-refractivity contribution in [3.05, 3.63) is 36.0 Å². The zero-order valence-corrected chi connectivity index (χ0v) is 10.9. The molecule has 1 radical (unpaired) electrons. The lowest BCUT2D eigenvalue weighted by Gasteiger charge is -2.33. The van der Waals surface area contributed by atoms with Gasteiger partial charge in [0, 0.05) is 0 Å². The molecule has 0 aromatic carbocycles. The topological polar surface area (TPSA) is 20.2 Å². The van der Waals surface area contributed by atoms with E-state index in [0.717, 1.165) is 6.42 Å². The van der Waals surface area contributed by atoms with E-state index in [1.54, 1.807) is 13.0 Å². The van der Waals surface area contributed by atoms with Crippen LogP contribution in [0.5, 0.6) is 0 Å². The summed E-state index contributed by atoms with van der Waals surface area (Å²) in [6.07, 6.45) is 8.76. The Morgan fingerprint density at radius 2 is 2.06 bits per heavy atom. The summed E-state index contributed by atoms with van der Waals surface area (Å²) in [5.74, 6) is 0. The van der Waals surface area contributed by atoms with Gasteiger partial charge in [-0.25, -0.2) is 0 Å². The second kappa shape index (κ2) is 4.58. The molecule has 1 unspecified atom stereocenters. The number of aliphatic hydroxyl groups is 1. The maximum Gasteiger partial charge on any atom is 0.0986 e. The average Bonchev–Trinajstić information content (AvgIpc) is 2.16. The van der Waals surface area contributed by atoms with Crippen LogP contribution in [0.3, 0.4) is 0 Å². The fourth-order valence-electron chi connectivity index (χ4n) is 2.32. The van der Waals surface area contributed by atoms with Crippen LogP contribution < -0.4 is 0 Å². The van der Waals surface area contributed by atoms with Crippen LogP contribution in [0, 0.1) is 12.0 Å². The van der Waals surface area contributed by atoms with Gasteiger partial charge in [-0.2, -0.15) is 0 Å². The van der Waals surface area contributed by atoms with Crippen LogP contribution in [-0.4, -0.2) is 10.7 Å². The van der Waals surface area contributed by atoms with Crippen LogP contribution in [0.1, 0.15) is 47.0 Å². The lowest BCUT2D eigenvalue weighted by Crippen LogP contribution is -2.21. The van der Waals surface area contributed by atoms with Gasteiger partial charge in [-0.3, -0.25) is 0 Å². The molecule has 16 heavy (non-hydrogen) atoms. The molecule has 1 aliphatic carbocycles. The molecule has 0 fully saturated rings. The Morgan fingerprint density at radius 1 is 1.44 bits per heavy atom. The number of allylic oxidation sites excluding steroid dienone is 3. The molecule has 0 bridgehead atoms. The number of hydrogen-bond donors (Lipinski definition) is 1. The van der Waals surface area contributed by atoms with Crippen molar-refractivity contribution in [1.82, 2.24) is 0 Å². The molecule has 0 spiro atoms. The summed E-state index contributed by atoms with van der Waals surface area (Å²) in [5.41, 5.74) is 1.98. The van der Waals surface area contributed by atoms with Gasteiger partial charge in [-0.05, 0) is 56.3 Å². The fourth-order valence-corrected chi connectivity index (χ4v) is 2.32. The van der Waals surface area contributed by atoms with Crippen molar-refractivity contribution in [2.75, 3.05) is 0 Å². The van der Waals surface area contributed by atoms with E-state index >= 15 is 0 Å². The second-order valence-electron chi connectivity index (χ2n) is 5.66. The first kappa shape index (κ1) is 13.2. The van der Waals surface area contributed by atoms with E-state index in [4.69, 9.17) is 6.58 Å². The standard InChI is InChI=1S/C15H23O/c1-6-15(5,16)11-9-13-12(2)8-7-10-14(13,3)4/h1,6,9,11,16H,7-8,10H2,2-5H3/b6-1?,11-9+. The van der Waals surface area contributed by atoms with Gasteiger partial charge in [0.25, 0.3) is 0 Å². The molecule has 0 aromatic heterocycles. The van der Waals surface area contributed by atoms with Crippen LogP contribution >= 0.6 is 0 Å². The van der Waals surface area contributed by atoms with Crippen LogP contribution in [0.25, 0.3) is 0 Å². The van der Waals surface area contributed by atoms with E-state index < -0.39 is 5.60 Å².